The average Bonchev–Trinajstić information content (AvgIpc) is 3.08. The van der Waals surface area contributed by atoms with Crippen LogP contribution in [0.3, 0.4) is 0 Å². The maximum absolute atomic E-state index is 13.3. The molecule has 2 N–H and O–H groups in total. The molecule has 0 radical (unpaired) electrons. The van der Waals surface area contributed by atoms with Crippen LogP contribution in [0.25, 0.3) is 0 Å². The van der Waals surface area contributed by atoms with Crippen molar-refractivity contribution in [2.75, 3.05) is 20.2 Å². The van der Waals surface area contributed by atoms with E-state index < -0.39 is 0 Å². The minimum absolute atomic E-state index is 0. The predicted octanol–water partition coefficient (Wildman–Crippen LogP) is 3.35. The zero-order valence-electron chi connectivity index (χ0n) is 15.6. The number of carbonyl (C=O) groups excluding carboxylic acids is 1. The smallest absolute Gasteiger partial charge is 0.230 e. The second kappa shape index (κ2) is 8.41. The molecule has 1 saturated heterocycles. The molecular weight excluding hydrogens is 336 g/mol. The van der Waals surface area contributed by atoms with Gasteiger partial charge in [-0.1, -0.05) is 31.9 Å². The van der Waals surface area contributed by atoms with Gasteiger partial charge in [0.15, 0.2) is 0 Å². The number of hydrogen-bond acceptors (Lipinski definition) is 3. The van der Waals surface area contributed by atoms with Gasteiger partial charge in [0, 0.05) is 6.04 Å². The molecular formula is C20H31ClN2O2. The topological polar surface area (TPSA) is 50.4 Å². The molecule has 1 heterocycles. The number of aryl methyl sites for hydroxylation is 1. The summed E-state index contributed by atoms with van der Waals surface area (Å²) in [7, 11) is 1.70. The van der Waals surface area contributed by atoms with Gasteiger partial charge in [0.2, 0.25) is 5.91 Å². The van der Waals surface area contributed by atoms with E-state index >= 15 is 0 Å². The van der Waals surface area contributed by atoms with Crippen molar-refractivity contribution in [2.45, 2.75) is 57.4 Å². The van der Waals surface area contributed by atoms with Gasteiger partial charge in [-0.05, 0) is 62.4 Å². The van der Waals surface area contributed by atoms with Crippen LogP contribution in [-0.4, -0.2) is 32.1 Å². The molecule has 1 aliphatic carbocycles. The molecule has 2 unspecified atom stereocenters. The van der Waals surface area contributed by atoms with Crippen LogP contribution in [0.5, 0.6) is 5.75 Å². The Balaban J connectivity index is 0.00000225. The zero-order chi connectivity index (χ0) is 17.2. The van der Waals surface area contributed by atoms with E-state index in [1.807, 2.05) is 6.92 Å². The number of piperidine rings is 1. The van der Waals surface area contributed by atoms with Crippen LogP contribution < -0.4 is 15.4 Å². The summed E-state index contributed by atoms with van der Waals surface area (Å²) in [5, 5.41) is 6.78. The molecule has 2 atom stereocenters. The maximum atomic E-state index is 13.3. The summed E-state index contributed by atoms with van der Waals surface area (Å²) in [4.78, 5) is 13.3. The van der Waals surface area contributed by atoms with Gasteiger partial charge in [0.1, 0.15) is 5.75 Å². The number of methoxy groups -OCH3 is 1. The van der Waals surface area contributed by atoms with E-state index in [1.54, 1.807) is 7.11 Å². The Morgan fingerprint density at radius 3 is 2.68 bits per heavy atom. The van der Waals surface area contributed by atoms with Gasteiger partial charge < -0.3 is 15.4 Å². The van der Waals surface area contributed by atoms with Crippen molar-refractivity contribution in [3.8, 4) is 5.75 Å². The van der Waals surface area contributed by atoms with Gasteiger partial charge in [-0.3, -0.25) is 4.79 Å². The third kappa shape index (κ3) is 3.95. The van der Waals surface area contributed by atoms with Crippen molar-refractivity contribution in [3.05, 3.63) is 29.3 Å². The molecule has 0 bridgehead atoms. The van der Waals surface area contributed by atoms with E-state index in [0.29, 0.717) is 5.92 Å². The monoisotopic (exact) mass is 366 g/mol. The fourth-order valence-electron chi connectivity index (χ4n) is 4.28. The molecule has 1 aromatic carbocycles. The fourth-order valence-corrected chi connectivity index (χ4v) is 4.28. The van der Waals surface area contributed by atoms with Crippen LogP contribution in [0, 0.1) is 12.8 Å². The van der Waals surface area contributed by atoms with E-state index in [0.717, 1.165) is 62.1 Å². The first-order valence-electron chi connectivity index (χ1n) is 9.23. The van der Waals surface area contributed by atoms with Crippen LogP contribution in [0.1, 0.15) is 50.2 Å². The number of halogens is 1. The van der Waals surface area contributed by atoms with Gasteiger partial charge in [0.25, 0.3) is 0 Å². The molecule has 0 spiro atoms. The molecule has 2 aliphatic rings. The third-order valence-corrected chi connectivity index (χ3v) is 5.95. The van der Waals surface area contributed by atoms with Crippen molar-refractivity contribution >= 4 is 18.3 Å². The highest BCUT2D eigenvalue weighted by atomic mass is 35.5. The van der Waals surface area contributed by atoms with Crippen LogP contribution in [0.2, 0.25) is 0 Å². The summed E-state index contributed by atoms with van der Waals surface area (Å²) >= 11 is 0. The van der Waals surface area contributed by atoms with Crippen molar-refractivity contribution < 1.29 is 9.53 Å². The second-order valence-corrected chi connectivity index (χ2v) is 7.52. The predicted molar refractivity (Wildman–Crippen MR) is 104 cm³/mol. The number of benzene rings is 1. The normalized spacial score (nSPS) is 25.1. The summed E-state index contributed by atoms with van der Waals surface area (Å²) in [6, 6.07) is 6.55. The standard InChI is InChI=1S/C20H30N2O2.ClH/c1-14-6-7-16(12-18(14)24-3)20(9-4-5-10-20)19(23)22-17-8-11-21-13-15(17)2;/h6-7,12,15,17,21H,4-5,8-11,13H2,1-3H3,(H,22,23);1H. The molecule has 0 aromatic heterocycles. The lowest BCUT2D eigenvalue weighted by atomic mass is 9.77. The highest BCUT2D eigenvalue weighted by molar-refractivity contribution is 5.89. The first kappa shape index (κ1) is 20.1. The van der Waals surface area contributed by atoms with Crippen molar-refractivity contribution in [1.29, 1.82) is 0 Å². The highest BCUT2D eigenvalue weighted by Crippen LogP contribution is 2.43. The molecule has 4 nitrogen and oxygen atoms in total. The molecule has 25 heavy (non-hydrogen) atoms. The van der Waals surface area contributed by atoms with Gasteiger partial charge in [-0.25, -0.2) is 0 Å². The van der Waals surface area contributed by atoms with Crippen molar-refractivity contribution in [1.82, 2.24) is 10.6 Å². The number of rotatable bonds is 4. The number of ether oxygens (including phenoxy) is 1. The van der Waals surface area contributed by atoms with Crippen LogP contribution in [0.15, 0.2) is 18.2 Å². The number of hydrogen-bond donors (Lipinski definition) is 2. The van der Waals surface area contributed by atoms with E-state index in [2.05, 4.69) is 35.8 Å². The number of amides is 1. The third-order valence-electron chi connectivity index (χ3n) is 5.95. The molecule has 1 amide bonds. The minimum atomic E-state index is -0.383. The van der Waals surface area contributed by atoms with E-state index in [-0.39, 0.29) is 29.8 Å². The van der Waals surface area contributed by atoms with Crippen molar-refractivity contribution in [3.63, 3.8) is 0 Å². The Morgan fingerprint density at radius 2 is 2.04 bits per heavy atom. The van der Waals surface area contributed by atoms with Gasteiger partial charge in [0.05, 0.1) is 12.5 Å². The molecule has 5 heteroatoms. The Labute approximate surface area is 157 Å². The first-order chi connectivity index (χ1) is 11.6. The van der Waals surface area contributed by atoms with Crippen LogP contribution in [-0.2, 0) is 10.2 Å². The Morgan fingerprint density at radius 1 is 1.32 bits per heavy atom. The Bertz CT molecular complexity index is 599. The van der Waals surface area contributed by atoms with Gasteiger partial charge >= 0.3 is 0 Å². The summed E-state index contributed by atoms with van der Waals surface area (Å²) in [6.45, 7) is 6.23. The molecule has 140 valence electrons. The van der Waals surface area contributed by atoms with Crippen molar-refractivity contribution in [2.24, 2.45) is 5.92 Å². The second-order valence-electron chi connectivity index (χ2n) is 7.52. The van der Waals surface area contributed by atoms with Crippen LogP contribution in [0.4, 0.5) is 0 Å². The molecule has 3 rings (SSSR count). The molecule has 1 saturated carbocycles. The summed E-state index contributed by atoms with van der Waals surface area (Å²) < 4.78 is 5.50. The number of nitrogens with one attached hydrogen (secondary N) is 2. The summed E-state index contributed by atoms with van der Waals surface area (Å²) in [5.41, 5.74) is 1.84. The summed E-state index contributed by atoms with van der Waals surface area (Å²) in [5.74, 6) is 1.57. The first-order valence-corrected chi connectivity index (χ1v) is 9.23. The van der Waals surface area contributed by atoms with E-state index in [9.17, 15) is 4.79 Å². The van der Waals surface area contributed by atoms with E-state index in [4.69, 9.17) is 4.74 Å². The molecule has 2 fully saturated rings. The average molecular weight is 367 g/mol. The van der Waals surface area contributed by atoms with Gasteiger partial charge in [-0.2, -0.15) is 0 Å². The maximum Gasteiger partial charge on any atom is 0.230 e. The highest BCUT2D eigenvalue weighted by Gasteiger charge is 2.44. The lowest BCUT2D eigenvalue weighted by molar-refractivity contribution is -0.127. The molecule has 1 aliphatic heterocycles. The largest absolute Gasteiger partial charge is 0.496 e. The number of carbonyl (C=O) groups is 1. The fraction of sp³-hybridized carbons (Fsp3) is 0.650. The quantitative estimate of drug-likeness (QED) is 0.859. The Kier molecular flexibility index (Phi) is 6.75. The lowest BCUT2D eigenvalue weighted by Crippen LogP contribution is -2.53. The SMILES string of the molecule is COc1cc(C2(C(=O)NC3CCNCC3C)CCCC2)ccc1C.Cl. The minimum Gasteiger partial charge on any atom is -0.496 e. The van der Waals surface area contributed by atoms with E-state index in [1.165, 1.54) is 0 Å². The summed E-state index contributed by atoms with van der Waals surface area (Å²) in [6.07, 6.45) is 5.12. The Hall–Kier alpha value is -1.26. The molecule has 1 aromatic rings. The zero-order valence-corrected chi connectivity index (χ0v) is 16.4. The van der Waals surface area contributed by atoms with Gasteiger partial charge in [-0.15, -0.1) is 12.4 Å². The lowest BCUT2D eigenvalue weighted by Gasteiger charge is -2.35. The van der Waals surface area contributed by atoms with Crippen LogP contribution >= 0.6 is 12.4 Å².